The van der Waals surface area contributed by atoms with Crippen molar-refractivity contribution in [1.29, 1.82) is 0 Å². The van der Waals surface area contributed by atoms with Gasteiger partial charge in [-0.05, 0) is 48.9 Å². The maximum absolute atomic E-state index is 6.21. The topological polar surface area (TPSA) is 41.1 Å². The molecule has 1 aromatic heterocycles. The summed E-state index contributed by atoms with van der Waals surface area (Å²) in [6.07, 6.45) is 5.13. The van der Waals surface area contributed by atoms with Crippen LogP contribution in [0.25, 0.3) is 0 Å². The van der Waals surface area contributed by atoms with Crippen molar-refractivity contribution in [3.8, 4) is 0 Å². The summed E-state index contributed by atoms with van der Waals surface area (Å²) in [4.78, 5) is 11.3. The molecule has 0 saturated carbocycles. The molecule has 2 heterocycles. The van der Waals surface area contributed by atoms with Gasteiger partial charge in [-0.3, -0.25) is 0 Å². The van der Waals surface area contributed by atoms with Crippen molar-refractivity contribution in [2.24, 2.45) is 5.92 Å². The third kappa shape index (κ3) is 4.52. The molecule has 1 atom stereocenters. The molecule has 6 heteroatoms. The number of nitrogens with one attached hydrogen (secondary N) is 1. The summed E-state index contributed by atoms with van der Waals surface area (Å²) in [7, 11) is 0. The lowest BCUT2D eigenvalue weighted by Gasteiger charge is -2.30. The first-order chi connectivity index (χ1) is 11.6. The summed E-state index contributed by atoms with van der Waals surface area (Å²) in [5.74, 6) is 2.37. The Bertz CT molecular complexity index is 692. The van der Waals surface area contributed by atoms with E-state index in [-0.39, 0.29) is 0 Å². The summed E-state index contributed by atoms with van der Waals surface area (Å²) in [5, 5.41) is 4.72. The minimum Gasteiger partial charge on any atom is -0.370 e. The largest absolute Gasteiger partial charge is 0.370 e. The Morgan fingerprint density at radius 1 is 1.29 bits per heavy atom. The molecule has 1 N–H and O–H groups in total. The Balaban J connectivity index is 1.58. The van der Waals surface area contributed by atoms with Gasteiger partial charge in [-0.25, -0.2) is 4.98 Å². The monoisotopic (exact) mass is 364 g/mol. The maximum Gasteiger partial charge on any atom is 0.227 e. The zero-order valence-electron chi connectivity index (χ0n) is 13.8. The van der Waals surface area contributed by atoms with Crippen molar-refractivity contribution < 1.29 is 0 Å². The first-order valence-corrected chi connectivity index (χ1v) is 9.13. The number of rotatable bonds is 5. The van der Waals surface area contributed by atoms with Crippen LogP contribution in [-0.2, 0) is 6.42 Å². The highest BCUT2D eigenvalue weighted by Gasteiger charge is 2.18. The molecule has 1 unspecified atom stereocenters. The van der Waals surface area contributed by atoms with Gasteiger partial charge >= 0.3 is 0 Å². The van der Waals surface area contributed by atoms with Gasteiger partial charge in [0, 0.05) is 35.9 Å². The van der Waals surface area contributed by atoms with Crippen molar-refractivity contribution in [3.05, 3.63) is 46.1 Å². The highest BCUT2D eigenvalue weighted by Crippen LogP contribution is 2.22. The lowest BCUT2D eigenvalue weighted by atomic mass is 10.0. The van der Waals surface area contributed by atoms with E-state index in [1.165, 1.54) is 12.8 Å². The number of anilines is 2. The molecular formula is C18H22Cl2N4. The number of halogens is 2. The van der Waals surface area contributed by atoms with Crippen molar-refractivity contribution in [2.45, 2.75) is 26.2 Å². The van der Waals surface area contributed by atoms with Gasteiger partial charge in [-0.1, -0.05) is 36.2 Å². The van der Waals surface area contributed by atoms with Crippen LogP contribution < -0.4 is 10.2 Å². The van der Waals surface area contributed by atoms with Crippen molar-refractivity contribution in [3.63, 3.8) is 0 Å². The molecule has 1 saturated heterocycles. The third-order valence-corrected chi connectivity index (χ3v) is 4.89. The van der Waals surface area contributed by atoms with Crippen LogP contribution in [0, 0.1) is 5.92 Å². The van der Waals surface area contributed by atoms with E-state index in [0.29, 0.717) is 16.0 Å². The van der Waals surface area contributed by atoms with Gasteiger partial charge in [0.25, 0.3) is 0 Å². The molecule has 128 valence electrons. The van der Waals surface area contributed by atoms with Crippen LogP contribution in [0.15, 0.2) is 30.5 Å². The molecule has 0 amide bonds. The summed E-state index contributed by atoms with van der Waals surface area (Å²) >= 11 is 12.1. The van der Waals surface area contributed by atoms with Gasteiger partial charge in [0.1, 0.15) is 5.82 Å². The molecule has 1 aliphatic rings. The smallest absolute Gasteiger partial charge is 0.227 e. The number of nitrogens with zero attached hydrogens (tertiary/aromatic N) is 3. The number of hydrogen-bond donors (Lipinski definition) is 1. The molecule has 24 heavy (non-hydrogen) atoms. The third-order valence-electron chi connectivity index (χ3n) is 4.30. The fourth-order valence-electron chi connectivity index (χ4n) is 3.02. The Morgan fingerprint density at radius 3 is 2.96 bits per heavy atom. The molecule has 0 bridgehead atoms. The predicted molar refractivity (Wildman–Crippen MR) is 101 cm³/mol. The molecule has 1 aromatic carbocycles. The van der Waals surface area contributed by atoms with Crippen LogP contribution >= 0.6 is 23.2 Å². The zero-order valence-corrected chi connectivity index (χ0v) is 15.3. The average molecular weight is 365 g/mol. The van der Waals surface area contributed by atoms with E-state index in [1.54, 1.807) is 6.07 Å². The quantitative estimate of drug-likeness (QED) is 0.836. The highest BCUT2D eigenvalue weighted by atomic mass is 35.5. The van der Waals surface area contributed by atoms with E-state index >= 15 is 0 Å². The maximum atomic E-state index is 6.21. The molecule has 0 aliphatic carbocycles. The number of aromatic nitrogens is 2. The lowest BCUT2D eigenvalue weighted by molar-refractivity contribution is 0.442. The van der Waals surface area contributed by atoms with Crippen molar-refractivity contribution >= 4 is 35.0 Å². The van der Waals surface area contributed by atoms with Crippen LogP contribution in [0.2, 0.25) is 10.0 Å². The van der Waals surface area contributed by atoms with Gasteiger partial charge < -0.3 is 10.2 Å². The second kappa shape index (κ2) is 8.04. The number of hydrogen-bond acceptors (Lipinski definition) is 4. The first-order valence-electron chi connectivity index (χ1n) is 8.37. The van der Waals surface area contributed by atoms with Crippen LogP contribution in [0.4, 0.5) is 11.8 Å². The molecule has 0 radical (unpaired) electrons. The van der Waals surface area contributed by atoms with E-state index in [0.717, 1.165) is 43.4 Å². The second-order valence-electron chi connectivity index (χ2n) is 6.35. The van der Waals surface area contributed by atoms with Crippen molar-refractivity contribution in [2.75, 3.05) is 29.9 Å². The van der Waals surface area contributed by atoms with Crippen LogP contribution in [0.1, 0.15) is 25.3 Å². The molecule has 1 fully saturated rings. The standard InChI is InChI=1S/C18H22Cl2N4/c1-13-3-2-10-24(12-13)18-22-9-7-17(23-18)21-8-6-14-4-5-15(19)11-16(14)20/h4-5,7,9,11,13H,2-3,6,8,10,12H2,1H3,(H,21,22,23). The van der Waals surface area contributed by atoms with E-state index in [4.69, 9.17) is 23.2 Å². The number of benzene rings is 1. The molecule has 1 aliphatic heterocycles. The Labute approximate surface area is 153 Å². The summed E-state index contributed by atoms with van der Waals surface area (Å²) in [6.45, 7) is 5.11. The Kier molecular flexibility index (Phi) is 5.80. The first kappa shape index (κ1) is 17.3. The van der Waals surface area contributed by atoms with Crippen LogP contribution in [0.5, 0.6) is 0 Å². The van der Waals surface area contributed by atoms with Gasteiger partial charge in [0.05, 0.1) is 0 Å². The minimum absolute atomic E-state index is 0.660. The zero-order chi connectivity index (χ0) is 16.9. The minimum atomic E-state index is 0.660. The lowest BCUT2D eigenvalue weighted by Crippen LogP contribution is -2.35. The summed E-state index contributed by atoms with van der Waals surface area (Å²) in [6, 6.07) is 7.51. The van der Waals surface area contributed by atoms with Gasteiger partial charge in [0.2, 0.25) is 5.95 Å². The highest BCUT2D eigenvalue weighted by molar-refractivity contribution is 6.35. The van der Waals surface area contributed by atoms with Crippen molar-refractivity contribution in [1.82, 2.24) is 9.97 Å². The molecule has 0 spiro atoms. The van der Waals surface area contributed by atoms with E-state index in [2.05, 4.69) is 27.1 Å². The van der Waals surface area contributed by atoms with Crippen LogP contribution in [0.3, 0.4) is 0 Å². The molecule has 4 nitrogen and oxygen atoms in total. The number of piperidine rings is 1. The SMILES string of the molecule is CC1CCCN(c2nccc(NCCc3ccc(Cl)cc3Cl)n2)C1. The van der Waals surface area contributed by atoms with Gasteiger partial charge in [-0.2, -0.15) is 4.98 Å². The molecule has 2 aromatic rings. The fourth-order valence-corrected chi connectivity index (χ4v) is 3.52. The predicted octanol–water partition coefficient (Wildman–Crippen LogP) is 4.67. The normalized spacial score (nSPS) is 17.8. The summed E-state index contributed by atoms with van der Waals surface area (Å²) < 4.78 is 0. The summed E-state index contributed by atoms with van der Waals surface area (Å²) in [5.41, 5.74) is 1.08. The van der Waals surface area contributed by atoms with Gasteiger partial charge in [-0.15, -0.1) is 0 Å². The van der Waals surface area contributed by atoms with E-state index in [1.807, 2.05) is 24.4 Å². The Morgan fingerprint density at radius 2 is 2.17 bits per heavy atom. The molecular weight excluding hydrogens is 343 g/mol. The van der Waals surface area contributed by atoms with Gasteiger partial charge in [0.15, 0.2) is 0 Å². The van der Waals surface area contributed by atoms with Crippen LogP contribution in [-0.4, -0.2) is 29.6 Å². The average Bonchev–Trinajstić information content (AvgIpc) is 2.57. The molecule has 3 rings (SSSR count). The fraction of sp³-hybridized carbons (Fsp3) is 0.444. The van der Waals surface area contributed by atoms with E-state index < -0.39 is 0 Å². The second-order valence-corrected chi connectivity index (χ2v) is 7.19. The Hall–Kier alpha value is -1.52. The van der Waals surface area contributed by atoms with E-state index in [9.17, 15) is 0 Å².